The van der Waals surface area contributed by atoms with Gasteiger partial charge in [0.05, 0.1) is 0 Å². The van der Waals surface area contributed by atoms with E-state index in [4.69, 9.17) is 4.79 Å². The first-order valence-corrected chi connectivity index (χ1v) is 4.72. The maximum absolute atomic E-state index is 9.00. The summed E-state index contributed by atoms with van der Waals surface area (Å²) >= 11 is 0. The standard InChI is InChI=1S/C6H7N.C4H4N2.CH4N2O/c1-2-4-6-7-5-3-1;1-2-5-4-6-3-1;2-1(3)4/h1-7H;1-4H;(H4,2,3,4). The van der Waals surface area contributed by atoms with Gasteiger partial charge >= 0.3 is 6.03 Å². The number of rotatable bonds is 0. The highest BCUT2D eigenvalue weighted by atomic mass is 16.2. The van der Waals surface area contributed by atoms with Gasteiger partial charge in [-0.05, 0) is 18.2 Å². The minimum atomic E-state index is -0.833. The summed E-state index contributed by atoms with van der Waals surface area (Å²) in [6.45, 7) is 0. The Morgan fingerprint density at radius 1 is 0.941 bits per heavy atom. The Balaban J connectivity index is 0.000000236. The van der Waals surface area contributed by atoms with Gasteiger partial charge in [0.1, 0.15) is 6.33 Å². The number of nitrogens with one attached hydrogen (secondary N) is 1. The Kier molecular flexibility index (Phi) is 9.67. The molecule has 17 heavy (non-hydrogen) atoms. The van der Waals surface area contributed by atoms with Crippen LogP contribution >= 0.6 is 0 Å². The average Bonchev–Trinajstić information content (AvgIpc) is 2.63. The molecule has 0 fully saturated rings. The molecule has 90 valence electrons. The van der Waals surface area contributed by atoms with Crippen LogP contribution in [0.25, 0.3) is 0 Å². The molecule has 2 rings (SSSR count). The average molecular weight is 233 g/mol. The number of primary amides is 2. The summed E-state index contributed by atoms with van der Waals surface area (Å²) in [5.41, 5.74) is 8.50. The molecule has 2 heterocycles. The lowest BCUT2D eigenvalue weighted by Crippen LogP contribution is -2.18. The number of hydrogen-bond acceptors (Lipinski definition) is 4. The van der Waals surface area contributed by atoms with Gasteiger partial charge in [-0.2, -0.15) is 0 Å². The van der Waals surface area contributed by atoms with E-state index in [1.807, 2.05) is 36.7 Å². The molecule has 0 unspecified atom stereocenters. The van der Waals surface area contributed by atoms with Gasteiger partial charge in [0.15, 0.2) is 0 Å². The fraction of sp³-hybridized carbons (Fsp3) is 0. The SMILES string of the molecule is C1=CC=CNC=C1.NC(N)=O.c1cncnc1. The van der Waals surface area contributed by atoms with Crippen molar-refractivity contribution in [3.05, 3.63) is 61.5 Å². The van der Waals surface area contributed by atoms with Crippen molar-refractivity contribution in [2.24, 2.45) is 11.5 Å². The van der Waals surface area contributed by atoms with Crippen LogP contribution < -0.4 is 16.8 Å². The summed E-state index contributed by atoms with van der Waals surface area (Å²) in [6.07, 6.45) is 16.5. The van der Waals surface area contributed by atoms with E-state index in [1.165, 1.54) is 6.33 Å². The Hall–Kier alpha value is -2.63. The van der Waals surface area contributed by atoms with Crippen LogP contribution in [0, 0.1) is 0 Å². The second-order valence-electron chi connectivity index (χ2n) is 2.58. The molecule has 1 aliphatic heterocycles. The van der Waals surface area contributed by atoms with Crippen LogP contribution in [0.15, 0.2) is 61.5 Å². The number of allylic oxidation sites excluding steroid dienone is 4. The van der Waals surface area contributed by atoms with Crippen LogP contribution in [-0.2, 0) is 0 Å². The number of nitrogens with two attached hydrogens (primary N) is 2. The highest BCUT2D eigenvalue weighted by molar-refractivity contribution is 5.69. The van der Waals surface area contributed by atoms with Gasteiger partial charge in [-0.15, -0.1) is 0 Å². The second-order valence-corrected chi connectivity index (χ2v) is 2.58. The van der Waals surface area contributed by atoms with E-state index in [0.29, 0.717) is 0 Å². The topological polar surface area (TPSA) is 107 Å². The summed E-state index contributed by atoms with van der Waals surface area (Å²) in [5, 5.41) is 2.92. The molecule has 6 heteroatoms. The largest absolute Gasteiger partial charge is 0.368 e. The molecule has 0 aromatic carbocycles. The monoisotopic (exact) mass is 233 g/mol. The fourth-order valence-electron chi connectivity index (χ4n) is 0.659. The first kappa shape index (κ1) is 14.4. The summed E-state index contributed by atoms with van der Waals surface area (Å²) in [6, 6.07) is 0.944. The molecular weight excluding hydrogens is 218 g/mol. The molecule has 0 saturated carbocycles. The van der Waals surface area contributed by atoms with Gasteiger partial charge in [0.2, 0.25) is 0 Å². The van der Waals surface area contributed by atoms with E-state index in [0.717, 1.165) is 0 Å². The molecule has 0 aliphatic carbocycles. The van der Waals surface area contributed by atoms with Crippen molar-refractivity contribution < 1.29 is 4.79 Å². The summed E-state index contributed by atoms with van der Waals surface area (Å²) in [5.74, 6) is 0. The van der Waals surface area contributed by atoms with E-state index >= 15 is 0 Å². The van der Waals surface area contributed by atoms with Gasteiger partial charge in [-0.1, -0.05) is 12.2 Å². The van der Waals surface area contributed by atoms with Crippen LogP contribution in [0.4, 0.5) is 4.79 Å². The first-order chi connectivity index (χ1) is 8.23. The molecule has 1 aliphatic rings. The van der Waals surface area contributed by atoms with Crippen LogP contribution in [-0.4, -0.2) is 16.0 Å². The Labute approximate surface area is 99.8 Å². The zero-order valence-electron chi connectivity index (χ0n) is 9.23. The fourth-order valence-corrected chi connectivity index (χ4v) is 0.659. The lowest BCUT2D eigenvalue weighted by atomic mass is 10.5. The molecule has 1 aromatic heterocycles. The zero-order valence-corrected chi connectivity index (χ0v) is 9.23. The minimum absolute atomic E-state index is 0.833. The summed E-state index contributed by atoms with van der Waals surface area (Å²) < 4.78 is 0. The molecule has 2 amide bonds. The van der Waals surface area contributed by atoms with Gasteiger partial charge in [0, 0.05) is 24.8 Å². The van der Waals surface area contributed by atoms with E-state index in [1.54, 1.807) is 18.5 Å². The highest BCUT2D eigenvalue weighted by Gasteiger charge is 1.67. The van der Waals surface area contributed by atoms with Crippen molar-refractivity contribution in [2.45, 2.75) is 0 Å². The summed E-state index contributed by atoms with van der Waals surface area (Å²) in [7, 11) is 0. The van der Waals surface area contributed by atoms with Gasteiger partial charge in [-0.3, -0.25) is 0 Å². The number of carbonyl (C=O) groups excluding carboxylic acids is 1. The van der Waals surface area contributed by atoms with Crippen LogP contribution in [0.3, 0.4) is 0 Å². The molecule has 1 aromatic rings. The van der Waals surface area contributed by atoms with Gasteiger partial charge in [-0.25, -0.2) is 14.8 Å². The second kappa shape index (κ2) is 11.4. The Bertz CT molecular complexity index is 328. The zero-order chi connectivity index (χ0) is 12.8. The molecular formula is C11H15N5O. The molecule has 5 N–H and O–H groups in total. The third kappa shape index (κ3) is 16.1. The predicted octanol–water partition coefficient (Wildman–Crippen LogP) is 0.674. The number of carbonyl (C=O) groups is 1. The molecule has 0 saturated heterocycles. The lowest BCUT2D eigenvalue weighted by molar-refractivity contribution is 0.256. The van der Waals surface area contributed by atoms with Crippen LogP contribution in [0.1, 0.15) is 0 Å². The lowest BCUT2D eigenvalue weighted by Gasteiger charge is -1.79. The van der Waals surface area contributed by atoms with E-state index in [9.17, 15) is 0 Å². The van der Waals surface area contributed by atoms with E-state index < -0.39 is 6.03 Å². The maximum Gasteiger partial charge on any atom is 0.309 e. The smallest absolute Gasteiger partial charge is 0.309 e. The quantitative estimate of drug-likeness (QED) is 0.612. The number of amides is 2. The van der Waals surface area contributed by atoms with Crippen molar-refractivity contribution >= 4 is 6.03 Å². The van der Waals surface area contributed by atoms with Crippen molar-refractivity contribution in [3.8, 4) is 0 Å². The van der Waals surface area contributed by atoms with Crippen molar-refractivity contribution in [2.75, 3.05) is 0 Å². The summed E-state index contributed by atoms with van der Waals surface area (Å²) in [4.78, 5) is 16.3. The first-order valence-electron chi connectivity index (χ1n) is 4.72. The Morgan fingerprint density at radius 3 is 1.71 bits per heavy atom. The molecule has 0 radical (unpaired) electrons. The van der Waals surface area contributed by atoms with Gasteiger partial charge in [0.25, 0.3) is 0 Å². The minimum Gasteiger partial charge on any atom is -0.368 e. The molecule has 0 atom stereocenters. The van der Waals surface area contributed by atoms with E-state index in [-0.39, 0.29) is 0 Å². The normalized spacial score (nSPS) is 10.8. The van der Waals surface area contributed by atoms with Crippen molar-refractivity contribution in [1.82, 2.24) is 15.3 Å². The highest BCUT2D eigenvalue weighted by Crippen LogP contribution is 1.81. The number of aromatic nitrogens is 2. The molecule has 6 nitrogen and oxygen atoms in total. The Morgan fingerprint density at radius 2 is 1.41 bits per heavy atom. The molecule has 0 bridgehead atoms. The van der Waals surface area contributed by atoms with Gasteiger partial charge < -0.3 is 16.8 Å². The number of nitrogens with zero attached hydrogens (tertiary/aromatic N) is 2. The number of hydrogen-bond donors (Lipinski definition) is 3. The van der Waals surface area contributed by atoms with E-state index in [2.05, 4.69) is 26.8 Å². The van der Waals surface area contributed by atoms with Crippen molar-refractivity contribution in [1.29, 1.82) is 0 Å². The van der Waals surface area contributed by atoms with Crippen molar-refractivity contribution in [3.63, 3.8) is 0 Å². The molecule has 0 spiro atoms. The predicted molar refractivity (Wildman–Crippen MR) is 66.4 cm³/mol. The number of urea groups is 1. The third-order valence-corrected chi connectivity index (χ3v) is 1.20. The maximum atomic E-state index is 9.00. The van der Waals surface area contributed by atoms with Crippen LogP contribution in [0.2, 0.25) is 0 Å². The van der Waals surface area contributed by atoms with Crippen LogP contribution in [0.5, 0.6) is 0 Å². The third-order valence-electron chi connectivity index (χ3n) is 1.20.